The fourth-order valence-corrected chi connectivity index (χ4v) is 3.18. The molecule has 3 unspecified atom stereocenters. The Labute approximate surface area is 106 Å². The van der Waals surface area contributed by atoms with Crippen LogP contribution >= 0.6 is 0 Å². The first-order chi connectivity index (χ1) is 8.71. The zero-order chi connectivity index (χ0) is 12.8. The lowest BCUT2D eigenvalue weighted by molar-refractivity contribution is -0.154. The summed E-state index contributed by atoms with van der Waals surface area (Å²) in [6, 6.07) is 7.87. The molecule has 0 radical (unpaired) electrons. The van der Waals surface area contributed by atoms with Gasteiger partial charge in [-0.2, -0.15) is 0 Å². The van der Waals surface area contributed by atoms with Crippen LogP contribution in [0.25, 0.3) is 0 Å². The molecule has 2 bridgehead atoms. The minimum atomic E-state index is -0.216. The molecule has 3 fully saturated rings. The third-order valence-corrected chi connectivity index (χ3v) is 4.19. The molecule has 0 amide bonds. The number of carbonyl (C=O) groups excluding carboxylic acids is 1. The number of hydrogen-bond donors (Lipinski definition) is 0. The van der Waals surface area contributed by atoms with E-state index in [0.29, 0.717) is 6.61 Å². The summed E-state index contributed by atoms with van der Waals surface area (Å²) in [6.45, 7) is 0.588. The van der Waals surface area contributed by atoms with Crippen LogP contribution in [-0.4, -0.2) is 32.9 Å². The highest BCUT2D eigenvalue weighted by Gasteiger charge is 2.65. The minimum absolute atomic E-state index is 0.0173. The Morgan fingerprint density at radius 1 is 1.44 bits per heavy atom. The molecule has 2 saturated heterocycles. The molecule has 1 aromatic rings. The van der Waals surface area contributed by atoms with Gasteiger partial charge < -0.3 is 14.2 Å². The molecule has 3 aliphatic rings. The molecule has 4 heteroatoms. The normalized spacial score (nSPS) is 32.8. The summed E-state index contributed by atoms with van der Waals surface area (Å²) in [7, 11) is 3.07. The lowest BCUT2D eigenvalue weighted by Gasteiger charge is -2.43. The van der Waals surface area contributed by atoms with E-state index in [1.54, 1.807) is 7.11 Å². The molecule has 0 aromatic heterocycles. The topological polar surface area (TPSA) is 44.8 Å². The molecule has 0 N–H and O–H groups in total. The van der Waals surface area contributed by atoms with Crippen LogP contribution in [0.2, 0.25) is 0 Å². The van der Waals surface area contributed by atoms with Gasteiger partial charge in [0.1, 0.15) is 5.75 Å². The number of benzene rings is 1. The third-order valence-electron chi connectivity index (χ3n) is 4.19. The molecular formula is C14H16O4. The van der Waals surface area contributed by atoms with Crippen molar-refractivity contribution in [1.82, 2.24) is 0 Å². The molecular weight excluding hydrogens is 232 g/mol. The maximum Gasteiger partial charge on any atom is 0.312 e. The molecule has 4 nitrogen and oxygen atoms in total. The van der Waals surface area contributed by atoms with Crippen molar-refractivity contribution in [2.45, 2.75) is 17.9 Å². The maximum absolute atomic E-state index is 11.9. The molecule has 3 atom stereocenters. The predicted molar refractivity (Wildman–Crippen MR) is 64.5 cm³/mol. The summed E-state index contributed by atoms with van der Waals surface area (Å²) in [6.07, 6.45) is 0.906. The van der Waals surface area contributed by atoms with Crippen molar-refractivity contribution < 1.29 is 19.0 Å². The van der Waals surface area contributed by atoms with Gasteiger partial charge >= 0.3 is 5.97 Å². The van der Waals surface area contributed by atoms with E-state index in [-0.39, 0.29) is 23.4 Å². The van der Waals surface area contributed by atoms with Crippen molar-refractivity contribution >= 4 is 5.97 Å². The van der Waals surface area contributed by atoms with Crippen LogP contribution in [0.15, 0.2) is 24.3 Å². The van der Waals surface area contributed by atoms with Crippen LogP contribution in [0, 0.1) is 5.92 Å². The van der Waals surface area contributed by atoms with Gasteiger partial charge in [-0.25, -0.2) is 0 Å². The Morgan fingerprint density at radius 3 is 2.94 bits per heavy atom. The first-order valence-electron chi connectivity index (χ1n) is 6.05. The number of rotatable bonds is 3. The van der Waals surface area contributed by atoms with Crippen molar-refractivity contribution in [1.29, 1.82) is 0 Å². The summed E-state index contributed by atoms with van der Waals surface area (Å²) in [4.78, 5) is 11.9. The van der Waals surface area contributed by atoms with E-state index >= 15 is 0 Å². The molecule has 2 aliphatic heterocycles. The number of fused-ring (bicyclic) bond motifs is 1. The van der Waals surface area contributed by atoms with Crippen LogP contribution in [0.5, 0.6) is 5.75 Å². The highest BCUT2D eigenvalue weighted by Crippen LogP contribution is 2.57. The maximum atomic E-state index is 11.9. The summed E-state index contributed by atoms with van der Waals surface area (Å²) >= 11 is 0. The first kappa shape index (κ1) is 11.5. The van der Waals surface area contributed by atoms with Crippen LogP contribution < -0.4 is 4.74 Å². The van der Waals surface area contributed by atoms with Crippen LogP contribution in [-0.2, 0) is 19.7 Å². The zero-order valence-electron chi connectivity index (χ0n) is 10.5. The molecule has 18 heavy (non-hydrogen) atoms. The zero-order valence-corrected chi connectivity index (χ0v) is 10.5. The van der Waals surface area contributed by atoms with E-state index in [1.165, 1.54) is 7.11 Å². The summed E-state index contributed by atoms with van der Waals surface area (Å²) in [5, 5.41) is 0. The van der Waals surface area contributed by atoms with E-state index in [9.17, 15) is 4.79 Å². The van der Waals surface area contributed by atoms with Crippen molar-refractivity contribution in [3.8, 4) is 5.75 Å². The molecule has 0 spiro atoms. The molecule has 4 rings (SSSR count). The smallest absolute Gasteiger partial charge is 0.312 e. The van der Waals surface area contributed by atoms with E-state index in [2.05, 4.69) is 0 Å². The van der Waals surface area contributed by atoms with E-state index in [0.717, 1.165) is 17.7 Å². The van der Waals surface area contributed by atoms with Crippen molar-refractivity contribution in [2.24, 2.45) is 5.92 Å². The quantitative estimate of drug-likeness (QED) is 0.761. The first-order valence-corrected chi connectivity index (χ1v) is 6.05. The highest BCUT2D eigenvalue weighted by molar-refractivity contribution is 5.78. The monoisotopic (exact) mass is 248 g/mol. The van der Waals surface area contributed by atoms with Gasteiger partial charge in [-0.3, -0.25) is 4.79 Å². The van der Waals surface area contributed by atoms with Gasteiger partial charge in [0.25, 0.3) is 0 Å². The number of carbonyl (C=O) groups is 1. The highest BCUT2D eigenvalue weighted by atomic mass is 16.5. The van der Waals surface area contributed by atoms with Gasteiger partial charge in [0.15, 0.2) is 0 Å². The second-order valence-electron chi connectivity index (χ2n) is 4.94. The van der Waals surface area contributed by atoms with Crippen molar-refractivity contribution in [3.05, 3.63) is 29.8 Å². The molecule has 96 valence electrons. The standard InChI is InChI=1S/C14H16O4/c1-16-10-5-3-4-9(6-10)14-7-11(18-8-14)12(14)13(15)17-2/h3-6,11-12H,7-8H2,1-2H3. The van der Waals surface area contributed by atoms with Crippen molar-refractivity contribution in [3.63, 3.8) is 0 Å². The second-order valence-corrected chi connectivity index (χ2v) is 4.94. The summed E-state index contributed by atoms with van der Waals surface area (Å²) < 4.78 is 15.8. The lowest BCUT2D eigenvalue weighted by Crippen LogP contribution is -2.52. The number of methoxy groups -OCH3 is 2. The Kier molecular flexibility index (Phi) is 2.55. The predicted octanol–water partition coefficient (Wildman–Crippen LogP) is 1.52. The SMILES string of the molecule is COC(=O)C1C2CC1(c1cccc(OC)c1)CO2. The van der Waals surface area contributed by atoms with Crippen molar-refractivity contribution in [2.75, 3.05) is 20.8 Å². The fraction of sp³-hybridized carbons (Fsp3) is 0.500. The van der Waals surface area contributed by atoms with Gasteiger partial charge in [-0.1, -0.05) is 12.1 Å². The van der Waals surface area contributed by atoms with Gasteiger partial charge in [0.05, 0.1) is 32.8 Å². The van der Waals surface area contributed by atoms with E-state index in [1.807, 2.05) is 24.3 Å². The molecule has 1 aromatic carbocycles. The average molecular weight is 248 g/mol. The molecule has 1 saturated carbocycles. The van der Waals surface area contributed by atoms with Gasteiger partial charge in [-0.05, 0) is 24.1 Å². The van der Waals surface area contributed by atoms with Gasteiger partial charge in [0.2, 0.25) is 0 Å². The molecule has 1 aliphatic carbocycles. The fourth-order valence-electron chi connectivity index (χ4n) is 3.18. The minimum Gasteiger partial charge on any atom is -0.497 e. The number of esters is 1. The Morgan fingerprint density at radius 2 is 2.28 bits per heavy atom. The third kappa shape index (κ3) is 1.38. The lowest BCUT2D eigenvalue weighted by atomic mass is 9.57. The van der Waals surface area contributed by atoms with E-state index in [4.69, 9.17) is 14.2 Å². The Balaban J connectivity index is 1.97. The Hall–Kier alpha value is -1.55. The van der Waals surface area contributed by atoms with Gasteiger partial charge in [0, 0.05) is 5.41 Å². The van der Waals surface area contributed by atoms with Crippen LogP contribution in [0.1, 0.15) is 12.0 Å². The second kappa shape index (κ2) is 3.99. The number of hydrogen-bond acceptors (Lipinski definition) is 4. The van der Waals surface area contributed by atoms with Crippen LogP contribution in [0.4, 0.5) is 0 Å². The number of ether oxygens (including phenoxy) is 3. The van der Waals surface area contributed by atoms with Gasteiger partial charge in [-0.15, -0.1) is 0 Å². The Bertz CT molecular complexity index is 480. The molecule has 2 heterocycles. The van der Waals surface area contributed by atoms with E-state index < -0.39 is 0 Å². The average Bonchev–Trinajstić information content (AvgIpc) is 2.98. The summed E-state index contributed by atoms with van der Waals surface area (Å²) in [5.41, 5.74) is 0.887. The summed E-state index contributed by atoms with van der Waals surface area (Å²) in [5.74, 6) is 0.460. The largest absolute Gasteiger partial charge is 0.497 e. The van der Waals surface area contributed by atoms with Crippen LogP contribution in [0.3, 0.4) is 0 Å².